The van der Waals surface area contributed by atoms with Crippen molar-refractivity contribution in [2.24, 2.45) is 46.3 Å². The van der Waals surface area contributed by atoms with Gasteiger partial charge in [-0.25, -0.2) is 0 Å². The van der Waals surface area contributed by atoms with E-state index >= 15 is 0 Å². The SMILES string of the molecule is COC(=O)CC[C@@H](C)[C@H]1CC[C@@H]2[C@@H]3CC[C@H]4C[C@H](O)CC[C@]4(C)[C@H]3C[C@H](O)[C@@]21C. The quantitative estimate of drug-likeness (QED) is 0.671. The molecule has 0 aromatic rings. The molecule has 0 bridgehead atoms. The van der Waals surface area contributed by atoms with Gasteiger partial charge >= 0.3 is 5.97 Å². The molecule has 4 nitrogen and oxygen atoms in total. The molecule has 166 valence electrons. The van der Waals surface area contributed by atoms with E-state index in [9.17, 15) is 15.0 Å². The predicted molar refractivity (Wildman–Crippen MR) is 113 cm³/mol. The number of hydrogen-bond donors (Lipinski definition) is 2. The Bertz CT molecular complexity index is 620. The average molecular weight is 407 g/mol. The van der Waals surface area contributed by atoms with Crippen molar-refractivity contribution in [3.8, 4) is 0 Å². The highest BCUT2D eigenvalue weighted by Crippen LogP contribution is 2.68. The number of carbonyl (C=O) groups excluding carboxylic acids is 1. The normalized spacial score (nSPS) is 50.2. The van der Waals surface area contributed by atoms with Gasteiger partial charge < -0.3 is 14.9 Å². The van der Waals surface area contributed by atoms with Gasteiger partial charge in [0.05, 0.1) is 19.3 Å². The average Bonchev–Trinajstić information content (AvgIpc) is 3.06. The number of carbonyl (C=O) groups is 1. The van der Waals surface area contributed by atoms with Gasteiger partial charge in [0, 0.05) is 6.42 Å². The monoisotopic (exact) mass is 406 g/mol. The Hall–Kier alpha value is -0.610. The zero-order valence-electron chi connectivity index (χ0n) is 18.9. The fourth-order valence-electron chi connectivity index (χ4n) is 8.81. The predicted octanol–water partition coefficient (Wildman–Crippen LogP) is 4.57. The van der Waals surface area contributed by atoms with Crippen molar-refractivity contribution in [3.63, 3.8) is 0 Å². The van der Waals surface area contributed by atoms with Crippen LogP contribution in [0.25, 0.3) is 0 Å². The van der Waals surface area contributed by atoms with Crippen LogP contribution in [0.15, 0.2) is 0 Å². The molecule has 4 saturated carbocycles. The van der Waals surface area contributed by atoms with Gasteiger partial charge in [-0.15, -0.1) is 0 Å². The van der Waals surface area contributed by atoms with E-state index in [-0.39, 0.29) is 23.6 Å². The second kappa shape index (κ2) is 7.82. The highest BCUT2D eigenvalue weighted by molar-refractivity contribution is 5.69. The van der Waals surface area contributed by atoms with Crippen molar-refractivity contribution in [2.45, 2.75) is 97.2 Å². The van der Waals surface area contributed by atoms with Crippen molar-refractivity contribution >= 4 is 5.97 Å². The first-order valence-corrected chi connectivity index (χ1v) is 12.1. The molecule has 0 spiro atoms. The minimum absolute atomic E-state index is 0.0198. The van der Waals surface area contributed by atoms with Crippen molar-refractivity contribution < 1.29 is 19.7 Å². The van der Waals surface area contributed by atoms with Gasteiger partial charge in [-0.3, -0.25) is 4.79 Å². The zero-order chi connectivity index (χ0) is 21.0. The molecule has 0 heterocycles. The van der Waals surface area contributed by atoms with Crippen molar-refractivity contribution in [2.75, 3.05) is 7.11 Å². The smallest absolute Gasteiger partial charge is 0.305 e. The van der Waals surface area contributed by atoms with E-state index in [1.165, 1.54) is 32.8 Å². The summed E-state index contributed by atoms with van der Waals surface area (Å²) in [6.45, 7) is 7.12. The number of fused-ring (bicyclic) bond motifs is 5. The van der Waals surface area contributed by atoms with Crippen molar-refractivity contribution in [3.05, 3.63) is 0 Å². The summed E-state index contributed by atoms with van der Waals surface area (Å²) < 4.78 is 4.85. The van der Waals surface area contributed by atoms with Gasteiger partial charge in [0.2, 0.25) is 0 Å². The molecule has 0 aromatic carbocycles. The van der Waals surface area contributed by atoms with E-state index in [0.29, 0.717) is 41.4 Å². The number of methoxy groups -OCH3 is 1. The molecule has 0 radical (unpaired) electrons. The van der Waals surface area contributed by atoms with Crippen LogP contribution in [0.4, 0.5) is 0 Å². The number of esters is 1. The largest absolute Gasteiger partial charge is 0.469 e. The highest BCUT2D eigenvalue weighted by atomic mass is 16.5. The van der Waals surface area contributed by atoms with E-state index in [2.05, 4.69) is 20.8 Å². The van der Waals surface area contributed by atoms with Crippen LogP contribution in [0, 0.1) is 46.3 Å². The molecule has 4 fully saturated rings. The summed E-state index contributed by atoms with van der Waals surface area (Å²) in [7, 11) is 1.46. The molecular formula is C25H42O4. The summed E-state index contributed by atoms with van der Waals surface area (Å²) >= 11 is 0. The number of aliphatic hydroxyl groups excluding tert-OH is 2. The molecule has 0 saturated heterocycles. The molecular weight excluding hydrogens is 364 g/mol. The van der Waals surface area contributed by atoms with E-state index < -0.39 is 0 Å². The van der Waals surface area contributed by atoms with Crippen molar-refractivity contribution in [1.29, 1.82) is 0 Å². The maximum Gasteiger partial charge on any atom is 0.305 e. The van der Waals surface area contributed by atoms with E-state index in [1.807, 2.05) is 0 Å². The molecule has 4 aliphatic rings. The van der Waals surface area contributed by atoms with Crippen LogP contribution in [0.3, 0.4) is 0 Å². The van der Waals surface area contributed by atoms with Crippen LogP contribution >= 0.6 is 0 Å². The molecule has 0 unspecified atom stereocenters. The second-order valence-corrected chi connectivity index (χ2v) is 11.5. The number of rotatable bonds is 4. The first-order chi connectivity index (χ1) is 13.7. The van der Waals surface area contributed by atoms with E-state index in [1.54, 1.807) is 0 Å². The lowest BCUT2D eigenvalue weighted by Crippen LogP contribution is -2.58. The van der Waals surface area contributed by atoms with Crippen LogP contribution in [0.2, 0.25) is 0 Å². The molecule has 0 aromatic heterocycles. The minimum Gasteiger partial charge on any atom is -0.469 e. The van der Waals surface area contributed by atoms with E-state index in [0.717, 1.165) is 38.0 Å². The molecule has 4 rings (SSSR count). The van der Waals surface area contributed by atoms with Gasteiger partial charge in [-0.2, -0.15) is 0 Å². The lowest BCUT2D eigenvalue weighted by molar-refractivity contribution is -0.175. The summed E-state index contributed by atoms with van der Waals surface area (Å²) in [6.07, 6.45) is 9.86. The van der Waals surface area contributed by atoms with Gasteiger partial charge in [0.25, 0.3) is 0 Å². The molecule has 4 aliphatic carbocycles. The Morgan fingerprint density at radius 1 is 1.07 bits per heavy atom. The van der Waals surface area contributed by atoms with Gasteiger partial charge in [0.15, 0.2) is 0 Å². The van der Waals surface area contributed by atoms with Crippen LogP contribution in [-0.2, 0) is 9.53 Å². The maximum atomic E-state index is 11.6. The van der Waals surface area contributed by atoms with E-state index in [4.69, 9.17) is 4.74 Å². The fraction of sp³-hybridized carbons (Fsp3) is 0.960. The molecule has 10 atom stereocenters. The third-order valence-electron chi connectivity index (χ3n) is 10.5. The van der Waals surface area contributed by atoms with Gasteiger partial charge in [0.1, 0.15) is 0 Å². The lowest BCUT2D eigenvalue weighted by atomic mass is 9.43. The Labute approximate surface area is 176 Å². The molecule has 0 amide bonds. The first-order valence-electron chi connectivity index (χ1n) is 12.1. The first kappa shape index (κ1) is 21.6. The highest BCUT2D eigenvalue weighted by Gasteiger charge is 2.63. The number of hydrogen-bond acceptors (Lipinski definition) is 4. The van der Waals surface area contributed by atoms with Crippen molar-refractivity contribution in [1.82, 2.24) is 0 Å². The number of aliphatic hydroxyl groups is 2. The summed E-state index contributed by atoms with van der Waals surface area (Å²) in [5.74, 6) is 3.36. The van der Waals surface area contributed by atoms with Crippen LogP contribution < -0.4 is 0 Å². The fourth-order valence-corrected chi connectivity index (χ4v) is 8.81. The Morgan fingerprint density at radius 2 is 1.83 bits per heavy atom. The molecule has 4 heteroatoms. The summed E-state index contributed by atoms with van der Waals surface area (Å²) in [5.41, 5.74) is 0.271. The Balaban J connectivity index is 1.53. The Morgan fingerprint density at radius 3 is 2.55 bits per heavy atom. The molecule has 2 N–H and O–H groups in total. The lowest BCUT2D eigenvalue weighted by Gasteiger charge is -2.62. The van der Waals surface area contributed by atoms with Gasteiger partial charge in [-0.1, -0.05) is 20.8 Å². The van der Waals surface area contributed by atoms with Crippen LogP contribution in [-0.4, -0.2) is 35.5 Å². The zero-order valence-corrected chi connectivity index (χ0v) is 18.9. The van der Waals surface area contributed by atoms with Crippen LogP contribution in [0.1, 0.15) is 85.0 Å². The Kier molecular flexibility index (Phi) is 5.83. The van der Waals surface area contributed by atoms with Gasteiger partial charge in [-0.05, 0) is 104 Å². The van der Waals surface area contributed by atoms with Crippen LogP contribution in [0.5, 0.6) is 0 Å². The summed E-state index contributed by atoms with van der Waals surface area (Å²) in [6, 6.07) is 0. The summed E-state index contributed by atoms with van der Waals surface area (Å²) in [4.78, 5) is 11.6. The number of ether oxygens (including phenoxy) is 1. The molecule has 0 aliphatic heterocycles. The molecule has 29 heavy (non-hydrogen) atoms. The third kappa shape index (κ3) is 3.37. The second-order valence-electron chi connectivity index (χ2n) is 11.5. The minimum atomic E-state index is -0.246. The third-order valence-corrected chi connectivity index (χ3v) is 10.5. The standard InChI is InChI=1S/C25H42O4/c1-15(5-10-23(28)29-4)19-8-9-20-18-7-6-16-13-17(26)11-12-24(16,2)21(18)14-22(27)25(19,20)3/h15-22,26-27H,5-14H2,1-4H3/t15-,16+,17-,18+,19-,20-,21+,22+,24+,25-/m1/s1. The topological polar surface area (TPSA) is 66.8 Å². The maximum absolute atomic E-state index is 11.6. The summed E-state index contributed by atoms with van der Waals surface area (Å²) in [5, 5.41) is 21.8.